The average molecular weight is 301 g/mol. The summed E-state index contributed by atoms with van der Waals surface area (Å²) >= 11 is 0. The highest BCUT2D eigenvalue weighted by Gasteiger charge is 2.17. The molecule has 0 aliphatic heterocycles. The molecule has 2 aromatic carbocycles. The minimum Gasteiger partial charge on any atom is -0.311 e. The molecule has 0 atom stereocenters. The minimum atomic E-state index is -0.0152. The first kappa shape index (κ1) is 13.5. The first-order valence-electron chi connectivity index (χ1n) is 7.43. The highest BCUT2D eigenvalue weighted by molar-refractivity contribution is 5.95. The Morgan fingerprint density at radius 1 is 0.957 bits per heavy atom. The molecule has 0 amide bonds. The molecule has 0 aliphatic carbocycles. The number of benzene rings is 2. The van der Waals surface area contributed by atoms with Crippen LogP contribution in [-0.4, -0.2) is 14.1 Å². The van der Waals surface area contributed by atoms with Gasteiger partial charge in [-0.15, -0.1) is 0 Å². The maximum atomic E-state index is 13.0. The molecule has 4 heteroatoms. The zero-order chi connectivity index (χ0) is 15.8. The second-order valence-electron chi connectivity index (χ2n) is 5.44. The van der Waals surface area contributed by atoms with Crippen LogP contribution in [0.5, 0.6) is 0 Å². The second-order valence-corrected chi connectivity index (χ2v) is 5.44. The van der Waals surface area contributed by atoms with Gasteiger partial charge in [0.2, 0.25) is 0 Å². The van der Waals surface area contributed by atoms with Crippen LogP contribution in [0.4, 0.5) is 0 Å². The summed E-state index contributed by atoms with van der Waals surface area (Å²) in [7, 11) is 1.81. The summed E-state index contributed by atoms with van der Waals surface area (Å²) in [5.74, 6) is 0. The molecule has 0 saturated heterocycles. The summed E-state index contributed by atoms with van der Waals surface area (Å²) in [5.41, 5.74) is 3.35. The number of hydrogen-bond acceptors (Lipinski definition) is 2. The van der Waals surface area contributed by atoms with Crippen molar-refractivity contribution >= 4 is 10.9 Å². The van der Waals surface area contributed by atoms with E-state index in [2.05, 4.69) is 4.98 Å². The van der Waals surface area contributed by atoms with E-state index in [9.17, 15) is 4.79 Å². The highest BCUT2D eigenvalue weighted by atomic mass is 16.1. The number of aromatic nitrogens is 3. The second kappa shape index (κ2) is 5.25. The van der Waals surface area contributed by atoms with Crippen molar-refractivity contribution in [3.8, 4) is 16.8 Å². The van der Waals surface area contributed by atoms with Gasteiger partial charge in [-0.2, -0.15) is 0 Å². The van der Waals surface area contributed by atoms with Gasteiger partial charge in [0.1, 0.15) is 0 Å². The van der Waals surface area contributed by atoms with E-state index in [0.29, 0.717) is 5.56 Å². The Kier molecular flexibility index (Phi) is 3.08. The maximum absolute atomic E-state index is 13.0. The molecular weight excluding hydrogens is 286 g/mol. The summed E-state index contributed by atoms with van der Waals surface area (Å²) in [5, 5.41) is 1.02. The molecule has 23 heavy (non-hydrogen) atoms. The van der Waals surface area contributed by atoms with Crippen molar-refractivity contribution in [1.29, 1.82) is 0 Å². The van der Waals surface area contributed by atoms with Crippen LogP contribution in [0.15, 0.2) is 78.1 Å². The van der Waals surface area contributed by atoms with Crippen LogP contribution < -0.4 is 5.56 Å². The molecule has 0 bridgehead atoms. The van der Waals surface area contributed by atoms with Crippen molar-refractivity contribution in [2.45, 2.75) is 0 Å². The number of imidazole rings is 1. The number of pyridine rings is 1. The number of aryl methyl sites for hydroxylation is 1. The van der Waals surface area contributed by atoms with Gasteiger partial charge in [0.25, 0.3) is 5.56 Å². The van der Waals surface area contributed by atoms with Crippen molar-refractivity contribution < 1.29 is 0 Å². The predicted octanol–water partition coefficient (Wildman–Crippen LogP) is 3.39. The monoisotopic (exact) mass is 301 g/mol. The molecule has 0 unspecified atom stereocenters. The molecule has 112 valence electrons. The van der Waals surface area contributed by atoms with Gasteiger partial charge in [0.05, 0.1) is 23.1 Å². The Morgan fingerprint density at radius 3 is 2.43 bits per heavy atom. The Morgan fingerprint density at radius 2 is 1.70 bits per heavy atom. The number of rotatable bonds is 2. The quantitative estimate of drug-likeness (QED) is 0.569. The number of fused-ring (bicyclic) bond motifs is 1. The smallest absolute Gasteiger partial charge is 0.260 e. The van der Waals surface area contributed by atoms with E-state index in [1.807, 2.05) is 72.4 Å². The molecule has 0 N–H and O–H groups in total. The molecule has 4 nitrogen and oxygen atoms in total. The molecule has 2 heterocycles. The van der Waals surface area contributed by atoms with E-state index in [1.54, 1.807) is 17.1 Å². The fourth-order valence-electron chi connectivity index (χ4n) is 3.00. The van der Waals surface area contributed by atoms with Crippen LogP contribution in [0, 0.1) is 0 Å². The van der Waals surface area contributed by atoms with Gasteiger partial charge in [-0.1, -0.05) is 48.5 Å². The number of nitrogens with zero attached hydrogens (tertiary/aromatic N) is 3. The van der Waals surface area contributed by atoms with Crippen molar-refractivity contribution in [2.24, 2.45) is 7.05 Å². The number of para-hydroxylation sites is 1. The lowest BCUT2D eigenvalue weighted by Crippen LogP contribution is -2.21. The van der Waals surface area contributed by atoms with Gasteiger partial charge in [-0.25, -0.2) is 4.98 Å². The predicted molar refractivity (Wildman–Crippen MR) is 91.7 cm³/mol. The summed E-state index contributed by atoms with van der Waals surface area (Å²) in [6.07, 6.45) is 5.32. The average Bonchev–Trinajstić information content (AvgIpc) is 3.13. The molecule has 0 radical (unpaired) electrons. The molecule has 0 fully saturated rings. The Bertz CT molecular complexity index is 1030. The minimum absolute atomic E-state index is 0.0152. The lowest BCUT2D eigenvalue weighted by Gasteiger charge is -2.16. The molecule has 0 spiro atoms. The van der Waals surface area contributed by atoms with E-state index in [1.165, 1.54) is 0 Å². The van der Waals surface area contributed by atoms with Crippen molar-refractivity contribution in [3.05, 3.63) is 83.7 Å². The third-order valence-corrected chi connectivity index (χ3v) is 4.10. The lowest BCUT2D eigenvalue weighted by atomic mass is 10.0. The summed E-state index contributed by atoms with van der Waals surface area (Å²) in [6, 6.07) is 17.7. The zero-order valence-electron chi connectivity index (χ0n) is 12.7. The largest absolute Gasteiger partial charge is 0.311 e. The van der Waals surface area contributed by atoms with Gasteiger partial charge < -0.3 is 9.13 Å². The summed E-state index contributed by atoms with van der Waals surface area (Å²) in [4.78, 5) is 17.2. The zero-order valence-corrected chi connectivity index (χ0v) is 12.7. The third kappa shape index (κ3) is 2.07. The lowest BCUT2D eigenvalue weighted by molar-refractivity contribution is 0.901. The van der Waals surface area contributed by atoms with Crippen LogP contribution in [0.3, 0.4) is 0 Å². The van der Waals surface area contributed by atoms with Gasteiger partial charge in [-0.05, 0) is 11.6 Å². The first-order chi connectivity index (χ1) is 11.3. The fraction of sp³-hybridized carbons (Fsp3) is 0.0526. The highest BCUT2D eigenvalue weighted by Crippen LogP contribution is 2.30. The van der Waals surface area contributed by atoms with Gasteiger partial charge in [-0.3, -0.25) is 4.79 Å². The molecule has 4 rings (SSSR count). The molecule has 0 aliphatic rings. The fourth-order valence-corrected chi connectivity index (χ4v) is 3.00. The third-order valence-electron chi connectivity index (χ3n) is 4.10. The van der Waals surface area contributed by atoms with E-state index in [4.69, 9.17) is 0 Å². The summed E-state index contributed by atoms with van der Waals surface area (Å²) in [6.45, 7) is 0. The first-order valence-corrected chi connectivity index (χ1v) is 7.43. The van der Waals surface area contributed by atoms with Crippen molar-refractivity contribution in [2.75, 3.05) is 0 Å². The topological polar surface area (TPSA) is 39.8 Å². The van der Waals surface area contributed by atoms with Crippen LogP contribution in [0.1, 0.15) is 0 Å². The SMILES string of the molecule is Cn1c(=O)c(-c2ccccc2)c(-n2ccnc2)c2ccccc21. The Hall–Kier alpha value is -3.14. The van der Waals surface area contributed by atoms with Crippen LogP contribution in [0.25, 0.3) is 27.7 Å². The Labute approximate surface area is 133 Å². The maximum Gasteiger partial charge on any atom is 0.260 e. The van der Waals surface area contributed by atoms with Gasteiger partial charge >= 0.3 is 0 Å². The van der Waals surface area contributed by atoms with E-state index in [0.717, 1.165) is 22.2 Å². The normalized spacial score (nSPS) is 11.0. The molecular formula is C19H15N3O. The van der Waals surface area contributed by atoms with Gasteiger partial charge in [0, 0.05) is 24.8 Å². The van der Waals surface area contributed by atoms with Crippen LogP contribution in [0.2, 0.25) is 0 Å². The number of hydrogen-bond donors (Lipinski definition) is 0. The van der Waals surface area contributed by atoms with Crippen molar-refractivity contribution in [1.82, 2.24) is 14.1 Å². The standard InChI is InChI=1S/C19H15N3O/c1-21-16-10-6-5-9-15(16)18(22-12-11-20-13-22)17(19(21)23)14-7-3-2-4-8-14/h2-13H,1H3. The van der Waals surface area contributed by atoms with Gasteiger partial charge in [0.15, 0.2) is 0 Å². The van der Waals surface area contributed by atoms with Crippen molar-refractivity contribution in [3.63, 3.8) is 0 Å². The van der Waals surface area contributed by atoms with E-state index >= 15 is 0 Å². The molecule has 2 aromatic heterocycles. The molecule has 4 aromatic rings. The van der Waals surface area contributed by atoms with E-state index < -0.39 is 0 Å². The van der Waals surface area contributed by atoms with E-state index in [-0.39, 0.29) is 5.56 Å². The Balaban J connectivity index is 2.23. The summed E-state index contributed by atoms with van der Waals surface area (Å²) < 4.78 is 3.62. The van der Waals surface area contributed by atoms with Crippen LogP contribution in [-0.2, 0) is 7.05 Å². The van der Waals surface area contributed by atoms with Crippen LogP contribution >= 0.6 is 0 Å². The molecule has 0 saturated carbocycles.